The zero-order chi connectivity index (χ0) is 12.5. The van der Waals surface area contributed by atoms with Gasteiger partial charge in [0.05, 0.1) is 6.61 Å². The first-order valence-electron chi connectivity index (χ1n) is 6.57. The van der Waals surface area contributed by atoms with Crippen molar-refractivity contribution in [2.75, 3.05) is 6.61 Å². The van der Waals surface area contributed by atoms with Crippen molar-refractivity contribution in [2.24, 2.45) is 11.7 Å². The number of pyridine rings is 1. The summed E-state index contributed by atoms with van der Waals surface area (Å²) in [6.07, 6.45) is 6.68. The van der Waals surface area contributed by atoms with Gasteiger partial charge < -0.3 is 10.5 Å². The highest BCUT2D eigenvalue weighted by atomic mass is 16.5. The van der Waals surface area contributed by atoms with Crippen LogP contribution in [0.4, 0.5) is 0 Å². The molecule has 3 heteroatoms. The first-order chi connectivity index (χ1) is 8.30. The smallest absolute Gasteiger partial charge is 0.213 e. The van der Waals surface area contributed by atoms with E-state index in [-0.39, 0.29) is 0 Å². The SMILES string of the molecule is CCCCC(CC)COc1cc(CN)ccn1. The lowest BCUT2D eigenvalue weighted by Gasteiger charge is -2.15. The van der Waals surface area contributed by atoms with Gasteiger partial charge in [0.25, 0.3) is 0 Å². The Balaban J connectivity index is 2.41. The third-order valence-corrected chi connectivity index (χ3v) is 3.05. The summed E-state index contributed by atoms with van der Waals surface area (Å²) >= 11 is 0. The van der Waals surface area contributed by atoms with Gasteiger partial charge in [-0.2, -0.15) is 0 Å². The summed E-state index contributed by atoms with van der Waals surface area (Å²) in [7, 11) is 0. The lowest BCUT2D eigenvalue weighted by molar-refractivity contribution is 0.225. The van der Waals surface area contributed by atoms with E-state index < -0.39 is 0 Å². The minimum absolute atomic E-state index is 0.534. The first kappa shape index (κ1) is 14.0. The Morgan fingerprint density at radius 3 is 2.88 bits per heavy atom. The number of aromatic nitrogens is 1. The van der Waals surface area contributed by atoms with Gasteiger partial charge in [0, 0.05) is 18.8 Å². The van der Waals surface area contributed by atoms with Gasteiger partial charge in [0.1, 0.15) is 0 Å². The normalized spacial score (nSPS) is 12.4. The maximum absolute atomic E-state index is 5.73. The zero-order valence-electron chi connectivity index (χ0n) is 11.0. The highest BCUT2D eigenvalue weighted by Crippen LogP contribution is 2.15. The van der Waals surface area contributed by atoms with E-state index in [1.807, 2.05) is 12.1 Å². The molecule has 17 heavy (non-hydrogen) atoms. The second-order valence-corrected chi connectivity index (χ2v) is 4.43. The Morgan fingerprint density at radius 2 is 2.24 bits per heavy atom. The molecule has 1 aromatic heterocycles. The van der Waals surface area contributed by atoms with Gasteiger partial charge in [0.15, 0.2) is 0 Å². The van der Waals surface area contributed by atoms with Crippen LogP contribution < -0.4 is 10.5 Å². The molecule has 1 rings (SSSR count). The van der Waals surface area contributed by atoms with Crippen molar-refractivity contribution >= 4 is 0 Å². The average molecular weight is 236 g/mol. The fourth-order valence-corrected chi connectivity index (χ4v) is 1.76. The molecule has 1 atom stereocenters. The third-order valence-electron chi connectivity index (χ3n) is 3.05. The molecule has 0 fully saturated rings. The summed E-state index contributed by atoms with van der Waals surface area (Å²) in [5.74, 6) is 1.33. The molecular formula is C14H24N2O. The minimum atomic E-state index is 0.534. The maximum atomic E-state index is 5.73. The van der Waals surface area contributed by atoms with E-state index in [0.717, 1.165) is 18.6 Å². The largest absolute Gasteiger partial charge is 0.477 e. The first-order valence-corrected chi connectivity index (χ1v) is 6.57. The molecule has 0 aliphatic heterocycles. The lowest BCUT2D eigenvalue weighted by Crippen LogP contribution is -2.12. The molecule has 0 aromatic carbocycles. The molecular weight excluding hydrogens is 212 g/mol. The van der Waals surface area contributed by atoms with E-state index in [9.17, 15) is 0 Å². The van der Waals surface area contributed by atoms with Gasteiger partial charge in [0.2, 0.25) is 5.88 Å². The number of nitrogens with two attached hydrogens (primary N) is 1. The summed E-state index contributed by atoms with van der Waals surface area (Å²) in [5, 5.41) is 0. The van der Waals surface area contributed by atoms with E-state index in [1.165, 1.54) is 19.3 Å². The quantitative estimate of drug-likeness (QED) is 0.754. The fraction of sp³-hybridized carbons (Fsp3) is 0.643. The van der Waals surface area contributed by atoms with Crippen LogP contribution >= 0.6 is 0 Å². The molecule has 0 saturated carbocycles. The molecule has 96 valence electrons. The maximum Gasteiger partial charge on any atom is 0.213 e. The van der Waals surface area contributed by atoms with Crippen LogP contribution in [-0.2, 0) is 6.54 Å². The van der Waals surface area contributed by atoms with Crippen molar-refractivity contribution in [3.63, 3.8) is 0 Å². The van der Waals surface area contributed by atoms with Gasteiger partial charge in [-0.15, -0.1) is 0 Å². The molecule has 2 N–H and O–H groups in total. The van der Waals surface area contributed by atoms with Crippen molar-refractivity contribution in [2.45, 2.75) is 46.1 Å². The van der Waals surface area contributed by atoms with Crippen LogP contribution in [-0.4, -0.2) is 11.6 Å². The zero-order valence-corrected chi connectivity index (χ0v) is 11.0. The molecule has 0 spiro atoms. The van der Waals surface area contributed by atoms with Crippen molar-refractivity contribution in [3.05, 3.63) is 23.9 Å². The minimum Gasteiger partial charge on any atom is -0.477 e. The molecule has 3 nitrogen and oxygen atoms in total. The molecule has 1 heterocycles. The number of ether oxygens (including phenoxy) is 1. The third kappa shape index (κ3) is 5.18. The average Bonchev–Trinajstić information content (AvgIpc) is 2.39. The van der Waals surface area contributed by atoms with E-state index in [4.69, 9.17) is 10.5 Å². The summed E-state index contributed by atoms with van der Waals surface area (Å²) in [6.45, 7) is 5.73. The van der Waals surface area contributed by atoms with E-state index in [1.54, 1.807) is 6.20 Å². The van der Waals surface area contributed by atoms with Crippen LogP contribution in [0.2, 0.25) is 0 Å². The van der Waals surface area contributed by atoms with Crippen LogP contribution in [0.15, 0.2) is 18.3 Å². The molecule has 0 amide bonds. The van der Waals surface area contributed by atoms with E-state index >= 15 is 0 Å². The van der Waals surface area contributed by atoms with E-state index in [2.05, 4.69) is 18.8 Å². The van der Waals surface area contributed by atoms with Gasteiger partial charge in [-0.05, 0) is 24.0 Å². The summed E-state index contributed by atoms with van der Waals surface area (Å²) < 4.78 is 5.73. The second kappa shape index (κ2) is 8.07. The lowest BCUT2D eigenvalue weighted by atomic mass is 10.0. The van der Waals surface area contributed by atoms with Crippen molar-refractivity contribution in [3.8, 4) is 5.88 Å². The summed E-state index contributed by atoms with van der Waals surface area (Å²) in [6, 6.07) is 3.84. The predicted molar refractivity (Wildman–Crippen MR) is 70.9 cm³/mol. The molecule has 0 aliphatic carbocycles. The Kier molecular flexibility index (Phi) is 6.63. The highest BCUT2D eigenvalue weighted by Gasteiger charge is 2.07. The van der Waals surface area contributed by atoms with Crippen molar-refractivity contribution < 1.29 is 4.74 Å². The Morgan fingerprint density at radius 1 is 1.41 bits per heavy atom. The van der Waals surface area contributed by atoms with Crippen LogP contribution in [0.1, 0.15) is 45.1 Å². The van der Waals surface area contributed by atoms with Crippen molar-refractivity contribution in [1.82, 2.24) is 4.98 Å². The number of nitrogens with zero attached hydrogens (tertiary/aromatic N) is 1. The summed E-state index contributed by atoms with van der Waals surface area (Å²) in [5.41, 5.74) is 6.65. The van der Waals surface area contributed by atoms with Crippen LogP contribution in [0.25, 0.3) is 0 Å². The van der Waals surface area contributed by atoms with Crippen molar-refractivity contribution in [1.29, 1.82) is 0 Å². The molecule has 0 aliphatic rings. The number of rotatable bonds is 8. The van der Waals surface area contributed by atoms with Crippen LogP contribution in [0.5, 0.6) is 5.88 Å². The van der Waals surface area contributed by atoms with E-state index in [0.29, 0.717) is 18.3 Å². The van der Waals surface area contributed by atoms with Gasteiger partial charge in [-0.3, -0.25) is 0 Å². The molecule has 1 unspecified atom stereocenters. The molecule has 0 bridgehead atoms. The molecule has 0 saturated heterocycles. The topological polar surface area (TPSA) is 48.1 Å². The fourth-order valence-electron chi connectivity index (χ4n) is 1.76. The Hall–Kier alpha value is -1.09. The predicted octanol–water partition coefficient (Wildman–Crippen LogP) is 3.14. The number of unbranched alkanes of at least 4 members (excludes halogenated alkanes) is 1. The molecule has 0 radical (unpaired) electrons. The Labute approximate surface area is 104 Å². The van der Waals surface area contributed by atoms with Crippen LogP contribution in [0.3, 0.4) is 0 Å². The number of hydrogen-bond donors (Lipinski definition) is 1. The van der Waals surface area contributed by atoms with Gasteiger partial charge in [-0.25, -0.2) is 4.98 Å². The second-order valence-electron chi connectivity index (χ2n) is 4.43. The monoisotopic (exact) mass is 236 g/mol. The van der Waals surface area contributed by atoms with Gasteiger partial charge >= 0.3 is 0 Å². The highest BCUT2D eigenvalue weighted by molar-refractivity contribution is 5.20. The molecule has 1 aromatic rings. The van der Waals surface area contributed by atoms with Crippen LogP contribution in [0, 0.1) is 5.92 Å². The standard InChI is InChI=1S/C14H24N2O/c1-3-5-6-12(4-2)11-17-14-9-13(10-15)7-8-16-14/h7-9,12H,3-6,10-11,15H2,1-2H3. The Bertz CT molecular complexity index is 315. The number of hydrogen-bond acceptors (Lipinski definition) is 3. The summed E-state index contributed by atoms with van der Waals surface area (Å²) in [4.78, 5) is 4.20. The van der Waals surface area contributed by atoms with Gasteiger partial charge in [-0.1, -0.05) is 33.1 Å².